The fraction of sp³-hybridized carbons (Fsp3) is 0.222. The van der Waals surface area contributed by atoms with Gasteiger partial charge in [-0.15, -0.1) is 0 Å². The number of hydrogen-bond acceptors (Lipinski definition) is 4. The van der Waals surface area contributed by atoms with Gasteiger partial charge in [0, 0.05) is 25.7 Å². The van der Waals surface area contributed by atoms with E-state index in [1.54, 1.807) is 19.3 Å². The third-order valence-corrected chi connectivity index (χ3v) is 1.65. The summed E-state index contributed by atoms with van der Waals surface area (Å²) in [4.78, 5) is 8.10. The fourth-order valence-corrected chi connectivity index (χ4v) is 1.10. The van der Waals surface area contributed by atoms with Crippen molar-refractivity contribution in [1.82, 2.24) is 15.1 Å². The van der Waals surface area contributed by atoms with E-state index >= 15 is 0 Å². The standard InChI is InChI=1S/C9H9N3O/c1-7-11-9(12-13-7)5-8-3-2-4-10-6-8/h2-4,6H,5H2,1H3. The van der Waals surface area contributed by atoms with Crippen molar-refractivity contribution < 1.29 is 4.52 Å². The van der Waals surface area contributed by atoms with E-state index in [0.717, 1.165) is 5.56 Å². The van der Waals surface area contributed by atoms with Gasteiger partial charge in [-0.2, -0.15) is 4.98 Å². The van der Waals surface area contributed by atoms with Gasteiger partial charge < -0.3 is 4.52 Å². The van der Waals surface area contributed by atoms with E-state index in [2.05, 4.69) is 15.1 Å². The average molecular weight is 175 g/mol. The predicted molar refractivity (Wildman–Crippen MR) is 46.1 cm³/mol. The first-order valence-corrected chi connectivity index (χ1v) is 4.03. The molecule has 0 aliphatic carbocycles. The highest BCUT2D eigenvalue weighted by molar-refractivity contribution is 5.13. The highest BCUT2D eigenvalue weighted by atomic mass is 16.5. The van der Waals surface area contributed by atoms with Crippen LogP contribution in [0.15, 0.2) is 29.0 Å². The van der Waals surface area contributed by atoms with Gasteiger partial charge in [0.15, 0.2) is 5.82 Å². The van der Waals surface area contributed by atoms with Crippen LogP contribution < -0.4 is 0 Å². The maximum atomic E-state index is 4.86. The second-order valence-electron chi connectivity index (χ2n) is 2.77. The molecule has 2 heterocycles. The molecule has 13 heavy (non-hydrogen) atoms. The minimum absolute atomic E-state index is 0.596. The Kier molecular flexibility index (Phi) is 2.04. The minimum atomic E-state index is 0.596. The van der Waals surface area contributed by atoms with Crippen LogP contribution in [0.5, 0.6) is 0 Å². The molecule has 0 aromatic carbocycles. The SMILES string of the molecule is Cc1nc(Cc2cccnc2)no1. The summed E-state index contributed by atoms with van der Waals surface area (Å²) in [7, 11) is 0. The van der Waals surface area contributed by atoms with Crippen molar-refractivity contribution in [1.29, 1.82) is 0 Å². The Hall–Kier alpha value is -1.71. The fourth-order valence-electron chi connectivity index (χ4n) is 1.10. The first kappa shape index (κ1) is 7.91. The van der Waals surface area contributed by atoms with Crippen molar-refractivity contribution >= 4 is 0 Å². The molecule has 0 fully saturated rings. The van der Waals surface area contributed by atoms with Crippen LogP contribution in [-0.2, 0) is 6.42 Å². The molecule has 2 aromatic rings. The summed E-state index contributed by atoms with van der Waals surface area (Å²) in [5, 5.41) is 3.80. The van der Waals surface area contributed by atoms with Crippen LogP contribution in [-0.4, -0.2) is 15.1 Å². The van der Waals surface area contributed by atoms with Gasteiger partial charge >= 0.3 is 0 Å². The number of hydrogen-bond donors (Lipinski definition) is 0. The molecule has 0 atom stereocenters. The molecule has 4 heteroatoms. The molecule has 2 aromatic heterocycles. The van der Waals surface area contributed by atoms with Crippen molar-refractivity contribution in [3.63, 3.8) is 0 Å². The van der Waals surface area contributed by atoms with Gasteiger partial charge in [-0.05, 0) is 11.6 Å². The lowest BCUT2D eigenvalue weighted by Crippen LogP contribution is -1.90. The van der Waals surface area contributed by atoms with E-state index in [9.17, 15) is 0 Å². The van der Waals surface area contributed by atoms with E-state index in [-0.39, 0.29) is 0 Å². The Labute approximate surface area is 75.6 Å². The molecule has 2 rings (SSSR count). The van der Waals surface area contributed by atoms with Crippen LogP contribution >= 0.6 is 0 Å². The third kappa shape index (κ3) is 1.90. The molecule has 0 radical (unpaired) electrons. The van der Waals surface area contributed by atoms with Crippen LogP contribution in [0.4, 0.5) is 0 Å². The molecule has 0 unspecified atom stereocenters. The van der Waals surface area contributed by atoms with E-state index in [1.165, 1.54) is 0 Å². The third-order valence-electron chi connectivity index (χ3n) is 1.65. The van der Waals surface area contributed by atoms with E-state index in [0.29, 0.717) is 18.1 Å². The summed E-state index contributed by atoms with van der Waals surface area (Å²) in [6.07, 6.45) is 4.21. The molecule has 0 spiro atoms. The lowest BCUT2D eigenvalue weighted by molar-refractivity contribution is 0.388. The summed E-state index contributed by atoms with van der Waals surface area (Å²) >= 11 is 0. The summed E-state index contributed by atoms with van der Waals surface area (Å²) < 4.78 is 4.86. The van der Waals surface area contributed by atoms with Gasteiger partial charge in [0.05, 0.1) is 0 Å². The van der Waals surface area contributed by atoms with Crippen LogP contribution in [0.3, 0.4) is 0 Å². The van der Waals surface area contributed by atoms with Gasteiger partial charge in [-0.25, -0.2) is 0 Å². The maximum Gasteiger partial charge on any atom is 0.223 e. The van der Waals surface area contributed by atoms with Crippen LogP contribution in [0.2, 0.25) is 0 Å². The largest absolute Gasteiger partial charge is 0.340 e. The monoisotopic (exact) mass is 175 g/mol. The number of aryl methyl sites for hydroxylation is 1. The van der Waals surface area contributed by atoms with Crippen molar-refractivity contribution in [3.05, 3.63) is 41.8 Å². The van der Waals surface area contributed by atoms with Gasteiger partial charge in [-0.3, -0.25) is 4.98 Å². The number of aromatic nitrogens is 3. The van der Waals surface area contributed by atoms with E-state index < -0.39 is 0 Å². The maximum absolute atomic E-state index is 4.86. The first-order valence-electron chi connectivity index (χ1n) is 4.03. The molecular formula is C9H9N3O. The summed E-state index contributed by atoms with van der Waals surface area (Å²) in [6.45, 7) is 1.78. The van der Waals surface area contributed by atoms with E-state index in [4.69, 9.17) is 4.52 Å². The van der Waals surface area contributed by atoms with Crippen LogP contribution in [0, 0.1) is 6.92 Å². The number of nitrogens with zero attached hydrogens (tertiary/aromatic N) is 3. The van der Waals surface area contributed by atoms with Crippen molar-refractivity contribution in [2.24, 2.45) is 0 Å². The van der Waals surface area contributed by atoms with Crippen LogP contribution in [0.25, 0.3) is 0 Å². The molecule has 0 bridgehead atoms. The lowest BCUT2D eigenvalue weighted by Gasteiger charge is -1.92. The van der Waals surface area contributed by atoms with Crippen molar-refractivity contribution in [2.75, 3.05) is 0 Å². The molecule has 0 N–H and O–H groups in total. The van der Waals surface area contributed by atoms with Gasteiger partial charge in [0.1, 0.15) is 0 Å². The Bertz CT molecular complexity index is 383. The smallest absolute Gasteiger partial charge is 0.223 e. The molecule has 0 amide bonds. The zero-order chi connectivity index (χ0) is 9.10. The average Bonchev–Trinajstić information content (AvgIpc) is 2.53. The Balaban J connectivity index is 2.15. The highest BCUT2D eigenvalue weighted by Crippen LogP contribution is 2.04. The molecule has 0 aliphatic rings. The second kappa shape index (κ2) is 3.35. The Morgan fingerprint density at radius 3 is 3.00 bits per heavy atom. The van der Waals surface area contributed by atoms with Gasteiger partial charge in [0.2, 0.25) is 5.89 Å². The van der Waals surface area contributed by atoms with E-state index in [1.807, 2.05) is 12.1 Å². The molecule has 4 nitrogen and oxygen atoms in total. The van der Waals surface area contributed by atoms with Gasteiger partial charge in [-0.1, -0.05) is 11.2 Å². The molecule has 66 valence electrons. The topological polar surface area (TPSA) is 51.8 Å². The zero-order valence-electron chi connectivity index (χ0n) is 7.27. The summed E-state index contributed by atoms with van der Waals surface area (Å²) in [6, 6.07) is 3.88. The minimum Gasteiger partial charge on any atom is -0.340 e. The second-order valence-corrected chi connectivity index (χ2v) is 2.77. The Morgan fingerprint density at radius 1 is 1.46 bits per heavy atom. The molecular weight excluding hydrogens is 166 g/mol. The number of pyridine rings is 1. The highest BCUT2D eigenvalue weighted by Gasteiger charge is 2.02. The molecule has 0 aliphatic heterocycles. The van der Waals surface area contributed by atoms with Crippen LogP contribution in [0.1, 0.15) is 17.3 Å². The zero-order valence-corrected chi connectivity index (χ0v) is 7.27. The van der Waals surface area contributed by atoms with Gasteiger partial charge in [0.25, 0.3) is 0 Å². The predicted octanol–water partition coefficient (Wildman–Crippen LogP) is 1.36. The normalized spacial score (nSPS) is 10.2. The summed E-state index contributed by atoms with van der Waals surface area (Å²) in [5.41, 5.74) is 1.09. The molecule has 0 saturated heterocycles. The first-order chi connectivity index (χ1) is 6.34. The number of rotatable bonds is 2. The Morgan fingerprint density at radius 2 is 2.38 bits per heavy atom. The van der Waals surface area contributed by atoms with Crippen molar-refractivity contribution in [3.8, 4) is 0 Å². The quantitative estimate of drug-likeness (QED) is 0.691. The molecule has 0 saturated carbocycles. The summed E-state index contributed by atoms with van der Waals surface area (Å²) in [5.74, 6) is 1.30. The lowest BCUT2D eigenvalue weighted by atomic mass is 10.2. The van der Waals surface area contributed by atoms with Crippen molar-refractivity contribution in [2.45, 2.75) is 13.3 Å².